The number of nitrogens with zero attached hydrogens (tertiary/aromatic N) is 2. The van der Waals surface area contributed by atoms with Gasteiger partial charge in [-0.1, -0.05) is 42.1 Å². The molecule has 4 aromatic rings. The minimum Gasteiger partial charge on any atom is -0.508 e. The summed E-state index contributed by atoms with van der Waals surface area (Å²) in [6.07, 6.45) is 2.58. The van der Waals surface area contributed by atoms with E-state index in [4.69, 9.17) is 9.40 Å². The van der Waals surface area contributed by atoms with Gasteiger partial charge >= 0.3 is 5.63 Å². The van der Waals surface area contributed by atoms with Crippen molar-refractivity contribution in [3.63, 3.8) is 0 Å². The minimum atomic E-state index is -0.675. The standard InChI is InChI=1S/C26H18N2O4S/c27-13-20-24(15-8-10-17(29)11-9-15)18-5-3-6-21(18)28-25(20)33-14-22(30)19-12-16-4-1-2-7-23(16)32-26(19)31/h1-2,4,7-12,29H,3,5-6,14H2. The predicted octanol–water partition coefficient (Wildman–Crippen LogP) is 4.90. The van der Waals surface area contributed by atoms with Gasteiger partial charge in [-0.15, -0.1) is 0 Å². The fraction of sp³-hybridized carbons (Fsp3) is 0.154. The Hall–Kier alpha value is -3.89. The number of hydrogen-bond acceptors (Lipinski definition) is 7. The highest BCUT2D eigenvalue weighted by molar-refractivity contribution is 8.00. The number of fused-ring (bicyclic) bond motifs is 2. The number of aromatic hydroxyl groups is 1. The largest absolute Gasteiger partial charge is 0.508 e. The summed E-state index contributed by atoms with van der Waals surface area (Å²) in [5, 5.41) is 20.8. The van der Waals surface area contributed by atoms with E-state index in [9.17, 15) is 20.0 Å². The van der Waals surface area contributed by atoms with Gasteiger partial charge in [0.15, 0.2) is 5.78 Å². The molecule has 2 aromatic heterocycles. The summed E-state index contributed by atoms with van der Waals surface area (Å²) in [5.74, 6) is -0.271. The van der Waals surface area contributed by atoms with Gasteiger partial charge in [0.05, 0.1) is 11.3 Å². The Morgan fingerprint density at radius 3 is 2.73 bits per heavy atom. The maximum atomic E-state index is 12.9. The Bertz CT molecular complexity index is 1500. The van der Waals surface area contributed by atoms with Gasteiger partial charge in [-0.05, 0) is 54.7 Å². The summed E-state index contributed by atoms with van der Waals surface area (Å²) in [6, 6.07) is 17.6. The van der Waals surface area contributed by atoms with E-state index < -0.39 is 5.63 Å². The Balaban J connectivity index is 1.50. The molecule has 0 spiro atoms. The lowest BCUT2D eigenvalue weighted by molar-refractivity contribution is 0.101. The molecule has 0 saturated heterocycles. The van der Waals surface area contributed by atoms with Gasteiger partial charge in [0, 0.05) is 16.6 Å². The normalized spacial score (nSPS) is 12.5. The van der Waals surface area contributed by atoms with E-state index in [1.54, 1.807) is 48.5 Å². The molecule has 1 N–H and O–H groups in total. The zero-order chi connectivity index (χ0) is 22.9. The molecule has 0 saturated carbocycles. The van der Waals surface area contributed by atoms with Crippen LogP contribution in [0.2, 0.25) is 0 Å². The van der Waals surface area contributed by atoms with Crippen LogP contribution in [0.1, 0.15) is 33.6 Å². The van der Waals surface area contributed by atoms with Gasteiger partial charge in [-0.3, -0.25) is 4.79 Å². The highest BCUT2D eigenvalue weighted by atomic mass is 32.2. The molecule has 0 radical (unpaired) electrons. The summed E-state index contributed by atoms with van der Waals surface area (Å²) in [4.78, 5) is 29.9. The molecule has 2 heterocycles. The second-order valence-electron chi connectivity index (χ2n) is 7.80. The summed E-state index contributed by atoms with van der Waals surface area (Å²) >= 11 is 1.15. The number of ketones is 1. The number of phenols is 1. The first kappa shape index (κ1) is 21.0. The smallest absolute Gasteiger partial charge is 0.347 e. The number of rotatable bonds is 5. The first-order valence-corrected chi connectivity index (χ1v) is 11.5. The predicted molar refractivity (Wildman–Crippen MR) is 126 cm³/mol. The lowest BCUT2D eigenvalue weighted by Gasteiger charge is -2.14. The van der Waals surface area contributed by atoms with Crippen molar-refractivity contribution in [3.05, 3.63) is 87.4 Å². The van der Waals surface area contributed by atoms with Crippen LogP contribution in [0.25, 0.3) is 22.1 Å². The Labute approximate surface area is 193 Å². The van der Waals surface area contributed by atoms with Crippen molar-refractivity contribution in [3.8, 4) is 22.9 Å². The topological polar surface area (TPSA) is 104 Å². The van der Waals surface area contributed by atoms with Crippen LogP contribution in [0.4, 0.5) is 0 Å². The number of aromatic nitrogens is 1. The summed E-state index contributed by atoms with van der Waals surface area (Å²) in [5.41, 5.74) is 3.75. The van der Waals surface area contributed by atoms with Gasteiger partial charge in [0.2, 0.25) is 0 Å². The number of phenolic OH excluding ortho intramolecular Hbond substituents is 1. The maximum Gasteiger partial charge on any atom is 0.347 e. The molecule has 1 aliphatic rings. The van der Waals surface area contributed by atoms with Crippen molar-refractivity contribution < 1.29 is 14.3 Å². The van der Waals surface area contributed by atoms with E-state index in [2.05, 4.69) is 6.07 Å². The van der Waals surface area contributed by atoms with Gasteiger partial charge in [-0.25, -0.2) is 9.78 Å². The average molecular weight is 455 g/mol. The quantitative estimate of drug-likeness (QED) is 0.260. The zero-order valence-corrected chi connectivity index (χ0v) is 18.3. The van der Waals surface area contributed by atoms with E-state index in [-0.39, 0.29) is 22.8 Å². The van der Waals surface area contributed by atoms with Crippen molar-refractivity contribution in [1.29, 1.82) is 5.26 Å². The van der Waals surface area contributed by atoms with E-state index in [1.165, 1.54) is 0 Å². The molecule has 33 heavy (non-hydrogen) atoms. The molecule has 0 amide bonds. The number of carbonyl (C=O) groups is 1. The molecular formula is C26H18N2O4S. The number of aryl methyl sites for hydroxylation is 1. The number of pyridine rings is 1. The SMILES string of the molecule is N#Cc1c(SCC(=O)c2cc3ccccc3oc2=O)nc2c(c1-c1ccc(O)cc1)CCC2. The first-order valence-electron chi connectivity index (χ1n) is 10.5. The van der Waals surface area contributed by atoms with Crippen molar-refractivity contribution >= 4 is 28.5 Å². The zero-order valence-electron chi connectivity index (χ0n) is 17.5. The number of thioether (sulfide) groups is 1. The molecule has 6 nitrogen and oxygen atoms in total. The number of carbonyl (C=O) groups excluding carboxylic acids is 1. The lowest BCUT2D eigenvalue weighted by Crippen LogP contribution is -2.15. The maximum absolute atomic E-state index is 12.9. The minimum absolute atomic E-state index is 0.0142. The Kier molecular flexibility index (Phi) is 5.45. The van der Waals surface area contributed by atoms with Crippen LogP contribution in [-0.2, 0) is 12.8 Å². The average Bonchev–Trinajstić information content (AvgIpc) is 3.30. The van der Waals surface area contributed by atoms with Crippen molar-refractivity contribution in [1.82, 2.24) is 4.98 Å². The van der Waals surface area contributed by atoms with Crippen LogP contribution in [-0.4, -0.2) is 21.6 Å². The molecule has 5 rings (SSSR count). The monoisotopic (exact) mass is 454 g/mol. The van der Waals surface area contributed by atoms with Crippen LogP contribution >= 0.6 is 11.8 Å². The van der Waals surface area contributed by atoms with E-state index in [0.29, 0.717) is 21.6 Å². The van der Waals surface area contributed by atoms with Crippen molar-refractivity contribution in [2.24, 2.45) is 0 Å². The molecule has 162 valence electrons. The number of nitriles is 1. The third-order valence-corrected chi connectivity index (χ3v) is 6.72. The Morgan fingerprint density at radius 1 is 1.15 bits per heavy atom. The van der Waals surface area contributed by atoms with Crippen molar-refractivity contribution in [2.75, 3.05) is 5.75 Å². The lowest BCUT2D eigenvalue weighted by atomic mass is 9.95. The highest BCUT2D eigenvalue weighted by Gasteiger charge is 2.25. The van der Waals surface area contributed by atoms with Gasteiger partial charge in [0.1, 0.15) is 28.0 Å². The number of benzene rings is 2. The van der Waals surface area contributed by atoms with Crippen LogP contribution in [0, 0.1) is 11.3 Å². The second kappa shape index (κ2) is 8.57. The van der Waals surface area contributed by atoms with E-state index in [0.717, 1.165) is 53.4 Å². The van der Waals surface area contributed by atoms with Gasteiger partial charge in [-0.2, -0.15) is 5.26 Å². The molecule has 7 heteroatoms. The summed E-state index contributed by atoms with van der Waals surface area (Å²) in [6.45, 7) is 0. The van der Waals surface area contributed by atoms with Gasteiger partial charge < -0.3 is 9.52 Å². The molecule has 2 aromatic carbocycles. The third-order valence-electron chi connectivity index (χ3n) is 5.74. The van der Waals surface area contributed by atoms with E-state index >= 15 is 0 Å². The van der Waals surface area contributed by atoms with Crippen molar-refractivity contribution in [2.45, 2.75) is 24.3 Å². The van der Waals surface area contributed by atoms with Crippen LogP contribution < -0.4 is 5.63 Å². The second-order valence-corrected chi connectivity index (χ2v) is 8.77. The Morgan fingerprint density at radius 2 is 1.94 bits per heavy atom. The molecular weight excluding hydrogens is 436 g/mol. The number of Topliss-reactive ketones (excluding diaryl/α,β-unsaturated/α-hetero) is 1. The van der Waals surface area contributed by atoms with Crippen LogP contribution in [0.3, 0.4) is 0 Å². The first-order chi connectivity index (χ1) is 16.0. The third kappa shape index (κ3) is 3.90. The molecule has 0 bridgehead atoms. The fourth-order valence-electron chi connectivity index (χ4n) is 4.18. The van der Waals surface area contributed by atoms with E-state index in [1.807, 2.05) is 6.07 Å². The number of para-hydroxylation sites is 1. The highest BCUT2D eigenvalue weighted by Crippen LogP contribution is 2.39. The van der Waals surface area contributed by atoms with Crippen LogP contribution in [0.5, 0.6) is 5.75 Å². The fourth-order valence-corrected chi connectivity index (χ4v) is 5.07. The molecule has 1 aliphatic carbocycles. The summed E-state index contributed by atoms with van der Waals surface area (Å²) < 4.78 is 5.28. The number of hydrogen-bond donors (Lipinski definition) is 1. The molecule has 0 atom stereocenters. The summed E-state index contributed by atoms with van der Waals surface area (Å²) in [7, 11) is 0. The van der Waals surface area contributed by atoms with Crippen LogP contribution in [0.15, 0.2) is 68.8 Å². The molecule has 0 unspecified atom stereocenters. The molecule has 0 fully saturated rings. The van der Waals surface area contributed by atoms with Gasteiger partial charge in [0.25, 0.3) is 0 Å². The molecule has 0 aliphatic heterocycles.